The summed E-state index contributed by atoms with van der Waals surface area (Å²) in [7, 11) is 0. The number of carbonyl (C=O) groups is 2. The van der Waals surface area contributed by atoms with Crippen molar-refractivity contribution >= 4 is 77.3 Å². The number of nitrogens with two attached hydrogens (primary N) is 1. The Morgan fingerprint density at radius 2 is 1.59 bits per heavy atom. The van der Waals surface area contributed by atoms with E-state index in [1.54, 1.807) is 18.2 Å². The Morgan fingerprint density at radius 3 is 2.36 bits per heavy atom. The average Bonchev–Trinajstić information content (AvgIpc) is 2.89. The van der Waals surface area contributed by atoms with Gasteiger partial charge in [0.2, 0.25) is 0 Å². The Labute approximate surface area is 229 Å². The molecule has 0 aliphatic heterocycles. The van der Waals surface area contributed by atoms with Gasteiger partial charge < -0.3 is 26.2 Å². The molecule has 0 aromatic heterocycles. The number of phenolic OH excluding ortho intramolecular Hbond substituents is 2. The molecule has 6 aromatic rings. The topological polar surface area (TPSA) is 141 Å². The quantitative estimate of drug-likeness (QED) is 0.111. The zero-order valence-electron chi connectivity index (χ0n) is 19.9. The van der Waals surface area contributed by atoms with Crippen LogP contribution in [0.1, 0.15) is 44.6 Å². The second kappa shape index (κ2) is 6.86. The molecule has 0 saturated heterocycles. The predicted octanol–water partition coefficient (Wildman–Crippen LogP) is 4.89. The van der Waals surface area contributed by atoms with Crippen molar-refractivity contribution in [3.05, 3.63) is 70.3 Å². The number of aliphatic hydroxyl groups excluding tert-OH is 1. The molecule has 3 unspecified atom stereocenters. The third kappa shape index (κ3) is 2.30. The number of carbonyl (C=O) groups excluding carboxylic acids is 1. The number of hydrogen-bond donors (Lipinski definition) is 5. The fraction of sp³-hybridized carbons (Fsp3) is 0.0968. The third-order valence-corrected chi connectivity index (χ3v) is 8.96. The van der Waals surface area contributed by atoms with E-state index < -0.39 is 24.0 Å². The van der Waals surface area contributed by atoms with Gasteiger partial charge in [0.25, 0.3) is 0 Å². The molecular formula is C31H17FeNO6. The molecule has 0 bridgehead atoms. The molecule has 0 radical (unpaired) electrons. The SMILES string of the molecule is NC1C=C2c3c4c5c(c(O)c6ccc7cc8cc(C(=O)O)cc9c(O)c1c3c(c89)c7c64)C=CC(=O)C5C2O.[Fe]. The van der Waals surface area contributed by atoms with Crippen LogP contribution < -0.4 is 5.73 Å². The average molecular weight is 555 g/mol. The molecule has 7 nitrogen and oxygen atoms in total. The van der Waals surface area contributed by atoms with E-state index in [2.05, 4.69) is 0 Å². The fourth-order valence-electron chi connectivity index (χ4n) is 7.58. The van der Waals surface area contributed by atoms with E-state index in [9.17, 15) is 30.0 Å². The first kappa shape index (κ1) is 22.8. The summed E-state index contributed by atoms with van der Waals surface area (Å²) >= 11 is 0. The van der Waals surface area contributed by atoms with Crippen molar-refractivity contribution in [2.75, 3.05) is 0 Å². The van der Waals surface area contributed by atoms with Gasteiger partial charge >= 0.3 is 5.97 Å². The van der Waals surface area contributed by atoms with Gasteiger partial charge in [0.1, 0.15) is 11.5 Å². The van der Waals surface area contributed by atoms with Crippen molar-refractivity contribution in [2.24, 2.45) is 5.73 Å². The molecule has 39 heavy (non-hydrogen) atoms. The van der Waals surface area contributed by atoms with Crippen LogP contribution in [-0.4, -0.2) is 38.3 Å². The number of aromatic carboxylic acids is 1. The van der Waals surface area contributed by atoms with Gasteiger partial charge in [-0.2, -0.15) is 0 Å². The number of phenols is 2. The number of carboxylic acid groups (broad SMARTS) is 1. The number of benzene rings is 6. The molecule has 190 valence electrons. The Balaban J connectivity index is 0.00000235. The summed E-state index contributed by atoms with van der Waals surface area (Å²) in [5.41, 5.74) is 9.49. The number of ketones is 1. The molecule has 3 aliphatic carbocycles. The van der Waals surface area contributed by atoms with E-state index >= 15 is 0 Å². The van der Waals surface area contributed by atoms with Gasteiger partial charge in [-0.3, -0.25) is 4.79 Å². The van der Waals surface area contributed by atoms with Crippen LogP contribution in [0.2, 0.25) is 0 Å². The van der Waals surface area contributed by atoms with E-state index in [0.717, 1.165) is 26.9 Å². The molecule has 6 N–H and O–H groups in total. The molecule has 0 spiro atoms. The van der Waals surface area contributed by atoms with E-state index in [1.165, 1.54) is 12.1 Å². The van der Waals surface area contributed by atoms with Crippen LogP contribution in [0.3, 0.4) is 0 Å². The van der Waals surface area contributed by atoms with Crippen molar-refractivity contribution in [3.63, 3.8) is 0 Å². The van der Waals surface area contributed by atoms with Gasteiger partial charge in [-0.1, -0.05) is 12.1 Å². The van der Waals surface area contributed by atoms with E-state index in [0.29, 0.717) is 54.8 Å². The van der Waals surface area contributed by atoms with E-state index in [4.69, 9.17) is 5.73 Å². The Hall–Kier alpha value is -4.20. The first-order valence-corrected chi connectivity index (χ1v) is 12.3. The zero-order valence-corrected chi connectivity index (χ0v) is 21.0. The smallest absolute Gasteiger partial charge is 0.335 e. The van der Waals surface area contributed by atoms with Gasteiger partial charge in [-0.25, -0.2) is 4.79 Å². The maximum atomic E-state index is 13.1. The number of hydrogen-bond acceptors (Lipinski definition) is 6. The fourth-order valence-corrected chi connectivity index (χ4v) is 7.58. The first-order valence-electron chi connectivity index (χ1n) is 12.3. The maximum Gasteiger partial charge on any atom is 0.335 e. The predicted molar refractivity (Wildman–Crippen MR) is 144 cm³/mol. The number of aliphatic hydroxyl groups is 1. The molecule has 0 amide bonds. The minimum atomic E-state index is -1.18. The van der Waals surface area contributed by atoms with Gasteiger partial charge in [-0.15, -0.1) is 0 Å². The van der Waals surface area contributed by atoms with Crippen molar-refractivity contribution in [1.29, 1.82) is 0 Å². The molecule has 0 saturated carbocycles. The summed E-state index contributed by atoms with van der Waals surface area (Å²) in [5, 5.41) is 51.6. The normalized spacial score (nSPS) is 21.1. The minimum Gasteiger partial charge on any atom is -0.507 e. The second-order valence-electron chi connectivity index (χ2n) is 10.6. The monoisotopic (exact) mass is 555 g/mol. The van der Waals surface area contributed by atoms with Crippen LogP contribution >= 0.6 is 0 Å². The van der Waals surface area contributed by atoms with Crippen molar-refractivity contribution in [1.82, 2.24) is 0 Å². The van der Waals surface area contributed by atoms with Gasteiger partial charge in [0.15, 0.2) is 5.78 Å². The Bertz CT molecular complexity index is 2250. The summed E-state index contributed by atoms with van der Waals surface area (Å²) in [6, 6.07) is 7.91. The van der Waals surface area contributed by atoms with Crippen molar-refractivity contribution < 1.29 is 47.1 Å². The van der Waals surface area contributed by atoms with Crippen molar-refractivity contribution in [3.8, 4) is 11.5 Å². The molecule has 0 heterocycles. The summed E-state index contributed by atoms with van der Waals surface area (Å²) in [4.78, 5) is 25.1. The summed E-state index contributed by atoms with van der Waals surface area (Å²) in [6.07, 6.45) is 3.53. The minimum absolute atomic E-state index is 0. The van der Waals surface area contributed by atoms with Crippen LogP contribution in [0.5, 0.6) is 11.5 Å². The number of carboxylic acids is 1. The molecule has 3 aliphatic rings. The van der Waals surface area contributed by atoms with Crippen LogP contribution in [0.4, 0.5) is 0 Å². The summed E-state index contributed by atoms with van der Waals surface area (Å²) in [5.74, 6) is -2.27. The molecule has 8 heteroatoms. The third-order valence-electron chi connectivity index (χ3n) is 8.96. The van der Waals surface area contributed by atoms with Crippen LogP contribution in [0.25, 0.3) is 65.5 Å². The van der Waals surface area contributed by atoms with E-state index in [1.807, 2.05) is 18.2 Å². The molecule has 0 fully saturated rings. The van der Waals surface area contributed by atoms with Crippen LogP contribution in [0.15, 0.2) is 42.5 Å². The van der Waals surface area contributed by atoms with Crippen LogP contribution in [-0.2, 0) is 21.9 Å². The molecular weight excluding hydrogens is 538 g/mol. The van der Waals surface area contributed by atoms with Gasteiger partial charge in [0, 0.05) is 49.7 Å². The molecule has 9 rings (SSSR count). The Kier molecular flexibility index (Phi) is 4.00. The maximum absolute atomic E-state index is 13.1. The largest absolute Gasteiger partial charge is 0.507 e. The Morgan fingerprint density at radius 1 is 0.821 bits per heavy atom. The number of allylic oxidation sites excluding steroid dienone is 1. The van der Waals surface area contributed by atoms with Gasteiger partial charge in [-0.05, 0) is 85.4 Å². The molecule has 3 atom stereocenters. The summed E-state index contributed by atoms with van der Waals surface area (Å²) < 4.78 is 0. The van der Waals surface area contributed by atoms with Gasteiger partial charge in [0.05, 0.1) is 23.6 Å². The first-order chi connectivity index (χ1) is 18.3. The molecule has 6 aromatic carbocycles. The number of rotatable bonds is 1. The number of aromatic hydroxyl groups is 2. The van der Waals surface area contributed by atoms with E-state index in [-0.39, 0.29) is 39.9 Å². The zero-order chi connectivity index (χ0) is 25.9. The van der Waals surface area contributed by atoms with Crippen LogP contribution in [0, 0.1) is 0 Å². The summed E-state index contributed by atoms with van der Waals surface area (Å²) in [6.45, 7) is 0. The standard InChI is InChI=1S/C31H17NO6.Fe/c32-16-8-15-22-26-20-12(28(34)13-3-4-17(33)24(21(13)26)30(15)36)2-1-9-5-10-6-11(31(37)38)7-14-18(10)25(19(9)20)27(22)23(16)29(14)35;/h1-8,16,24,30,34-36H,32H2,(H,37,38);. The van der Waals surface area contributed by atoms with Crippen molar-refractivity contribution in [2.45, 2.75) is 18.1 Å². The second-order valence-corrected chi connectivity index (χ2v) is 10.6.